The van der Waals surface area contributed by atoms with Crippen LogP contribution in [0.1, 0.15) is 46.0 Å². The van der Waals surface area contributed by atoms with Crippen molar-refractivity contribution in [2.45, 2.75) is 46.0 Å². The Morgan fingerprint density at radius 3 is 2.67 bits per heavy atom. The first-order valence-corrected chi connectivity index (χ1v) is 8.34. The Kier molecular flexibility index (Phi) is 8.91. The van der Waals surface area contributed by atoms with E-state index in [1.54, 1.807) is 7.11 Å². The van der Waals surface area contributed by atoms with Crippen LogP contribution in [0, 0.1) is 5.92 Å². The van der Waals surface area contributed by atoms with Gasteiger partial charge >= 0.3 is 0 Å². The SMILES string of the molecule is CCCCC(CC)CN(CCCN)c1cccc(OC)c1. The number of anilines is 1. The molecule has 1 unspecified atom stereocenters. The second-order valence-electron chi connectivity index (χ2n) is 5.71. The molecule has 3 heteroatoms. The minimum Gasteiger partial charge on any atom is -0.497 e. The lowest BCUT2D eigenvalue weighted by Gasteiger charge is -2.29. The van der Waals surface area contributed by atoms with Gasteiger partial charge in [0.1, 0.15) is 5.75 Å². The summed E-state index contributed by atoms with van der Waals surface area (Å²) in [5.74, 6) is 1.68. The molecule has 0 saturated carbocycles. The Morgan fingerprint density at radius 1 is 1.24 bits per heavy atom. The van der Waals surface area contributed by atoms with Gasteiger partial charge in [-0.25, -0.2) is 0 Å². The second-order valence-corrected chi connectivity index (χ2v) is 5.71. The van der Waals surface area contributed by atoms with Crippen LogP contribution in [0.3, 0.4) is 0 Å². The molecule has 0 aromatic heterocycles. The highest BCUT2D eigenvalue weighted by atomic mass is 16.5. The van der Waals surface area contributed by atoms with Crippen molar-refractivity contribution >= 4 is 5.69 Å². The molecule has 0 aliphatic carbocycles. The topological polar surface area (TPSA) is 38.5 Å². The number of hydrogen-bond acceptors (Lipinski definition) is 3. The maximum absolute atomic E-state index is 5.70. The van der Waals surface area contributed by atoms with Crippen LogP contribution in [-0.4, -0.2) is 26.7 Å². The standard InChI is InChI=1S/C18H32N2O/c1-4-6-9-16(5-2)15-20(13-8-12-19)17-10-7-11-18(14-17)21-3/h7,10-11,14,16H,4-6,8-9,12-13,15,19H2,1-3H3. The Bertz CT molecular complexity index is 381. The van der Waals surface area contributed by atoms with Gasteiger partial charge < -0.3 is 15.4 Å². The maximum atomic E-state index is 5.70. The fourth-order valence-corrected chi connectivity index (χ4v) is 2.64. The average molecular weight is 292 g/mol. The number of hydrogen-bond donors (Lipinski definition) is 1. The molecule has 1 aromatic rings. The molecule has 0 fully saturated rings. The third-order valence-corrected chi connectivity index (χ3v) is 4.07. The van der Waals surface area contributed by atoms with E-state index in [0.29, 0.717) is 0 Å². The minimum absolute atomic E-state index is 0.742. The zero-order valence-corrected chi connectivity index (χ0v) is 14.0. The first kappa shape index (κ1) is 17.8. The van der Waals surface area contributed by atoms with Crippen molar-refractivity contribution in [3.8, 4) is 5.75 Å². The summed E-state index contributed by atoms with van der Waals surface area (Å²) in [6, 6.07) is 8.37. The molecule has 0 aliphatic heterocycles. The molecule has 0 radical (unpaired) electrons. The summed E-state index contributed by atoms with van der Waals surface area (Å²) < 4.78 is 5.35. The van der Waals surface area contributed by atoms with Crippen molar-refractivity contribution in [1.82, 2.24) is 0 Å². The molecule has 0 aliphatic rings. The van der Waals surface area contributed by atoms with Gasteiger partial charge in [-0.2, -0.15) is 0 Å². The number of ether oxygens (including phenoxy) is 1. The monoisotopic (exact) mass is 292 g/mol. The van der Waals surface area contributed by atoms with Gasteiger partial charge in [-0.3, -0.25) is 0 Å². The predicted molar refractivity (Wildman–Crippen MR) is 92.2 cm³/mol. The molecule has 1 atom stereocenters. The molecular formula is C18H32N2O. The van der Waals surface area contributed by atoms with E-state index in [1.807, 2.05) is 6.07 Å². The molecule has 0 saturated heterocycles. The zero-order chi connectivity index (χ0) is 15.5. The van der Waals surface area contributed by atoms with Crippen molar-refractivity contribution in [2.24, 2.45) is 11.7 Å². The molecule has 1 aromatic carbocycles. The van der Waals surface area contributed by atoms with Crippen LogP contribution >= 0.6 is 0 Å². The lowest BCUT2D eigenvalue weighted by Crippen LogP contribution is -2.31. The first-order chi connectivity index (χ1) is 10.2. The lowest BCUT2D eigenvalue weighted by atomic mass is 9.98. The largest absolute Gasteiger partial charge is 0.497 e. The summed E-state index contributed by atoms with van der Waals surface area (Å²) in [4.78, 5) is 2.47. The fourth-order valence-electron chi connectivity index (χ4n) is 2.64. The van der Waals surface area contributed by atoms with E-state index in [-0.39, 0.29) is 0 Å². The number of benzene rings is 1. The number of unbranched alkanes of at least 4 members (excludes halogenated alkanes) is 1. The van der Waals surface area contributed by atoms with Gasteiger partial charge in [-0.15, -0.1) is 0 Å². The molecule has 0 heterocycles. The average Bonchev–Trinajstić information content (AvgIpc) is 2.54. The Hall–Kier alpha value is -1.22. The minimum atomic E-state index is 0.742. The highest BCUT2D eigenvalue weighted by Crippen LogP contribution is 2.24. The van der Waals surface area contributed by atoms with Crippen molar-refractivity contribution in [2.75, 3.05) is 31.6 Å². The van der Waals surface area contributed by atoms with Crippen LogP contribution in [0.2, 0.25) is 0 Å². The van der Waals surface area contributed by atoms with Crippen molar-refractivity contribution in [3.05, 3.63) is 24.3 Å². The summed E-state index contributed by atoms with van der Waals surface area (Å²) in [5, 5.41) is 0. The fraction of sp³-hybridized carbons (Fsp3) is 0.667. The maximum Gasteiger partial charge on any atom is 0.120 e. The molecule has 0 spiro atoms. The molecule has 21 heavy (non-hydrogen) atoms. The first-order valence-electron chi connectivity index (χ1n) is 8.34. The highest BCUT2D eigenvalue weighted by Gasteiger charge is 2.13. The van der Waals surface area contributed by atoms with Gasteiger partial charge in [-0.1, -0.05) is 39.2 Å². The molecular weight excluding hydrogens is 260 g/mol. The molecule has 1 rings (SSSR count). The molecule has 2 N–H and O–H groups in total. The van der Waals surface area contributed by atoms with E-state index >= 15 is 0 Å². The molecule has 120 valence electrons. The van der Waals surface area contributed by atoms with Crippen LogP contribution in [0.5, 0.6) is 5.75 Å². The zero-order valence-electron chi connectivity index (χ0n) is 14.0. The normalized spacial score (nSPS) is 12.2. The second kappa shape index (κ2) is 10.5. The van der Waals surface area contributed by atoms with Gasteiger partial charge in [0.2, 0.25) is 0 Å². The van der Waals surface area contributed by atoms with E-state index in [1.165, 1.54) is 31.4 Å². The Morgan fingerprint density at radius 2 is 2.05 bits per heavy atom. The Balaban J connectivity index is 2.77. The van der Waals surface area contributed by atoms with Crippen LogP contribution in [0.4, 0.5) is 5.69 Å². The van der Waals surface area contributed by atoms with Gasteiger partial charge in [0.25, 0.3) is 0 Å². The molecule has 0 amide bonds. The summed E-state index contributed by atoms with van der Waals surface area (Å²) in [7, 11) is 1.72. The van der Waals surface area contributed by atoms with Crippen LogP contribution < -0.4 is 15.4 Å². The lowest BCUT2D eigenvalue weighted by molar-refractivity contribution is 0.414. The third-order valence-electron chi connectivity index (χ3n) is 4.07. The Labute approximate surface area is 130 Å². The van der Waals surface area contributed by atoms with Gasteiger partial charge in [-0.05, 0) is 37.4 Å². The van der Waals surface area contributed by atoms with Crippen LogP contribution in [0.25, 0.3) is 0 Å². The van der Waals surface area contributed by atoms with E-state index in [4.69, 9.17) is 10.5 Å². The summed E-state index contributed by atoms with van der Waals surface area (Å²) in [6.07, 6.45) is 6.18. The number of rotatable bonds is 11. The van der Waals surface area contributed by atoms with Crippen LogP contribution in [-0.2, 0) is 0 Å². The van der Waals surface area contributed by atoms with Crippen molar-refractivity contribution in [3.63, 3.8) is 0 Å². The molecule has 0 bridgehead atoms. The van der Waals surface area contributed by atoms with Gasteiger partial charge in [0.15, 0.2) is 0 Å². The quantitative estimate of drug-likeness (QED) is 0.668. The molecule has 3 nitrogen and oxygen atoms in total. The number of nitrogens with two attached hydrogens (primary N) is 1. The summed E-state index contributed by atoms with van der Waals surface area (Å²) in [6.45, 7) is 7.44. The summed E-state index contributed by atoms with van der Waals surface area (Å²) >= 11 is 0. The third kappa shape index (κ3) is 6.38. The summed E-state index contributed by atoms with van der Waals surface area (Å²) in [5.41, 5.74) is 6.95. The van der Waals surface area contributed by atoms with Gasteiger partial charge in [0, 0.05) is 24.8 Å². The number of nitrogens with zero attached hydrogens (tertiary/aromatic N) is 1. The van der Waals surface area contributed by atoms with Crippen LogP contribution in [0.15, 0.2) is 24.3 Å². The van der Waals surface area contributed by atoms with Crippen molar-refractivity contribution in [1.29, 1.82) is 0 Å². The van der Waals surface area contributed by atoms with Crippen molar-refractivity contribution < 1.29 is 4.74 Å². The predicted octanol–water partition coefficient (Wildman–Crippen LogP) is 4.07. The van der Waals surface area contributed by atoms with E-state index in [2.05, 4.69) is 36.9 Å². The smallest absolute Gasteiger partial charge is 0.120 e. The van der Waals surface area contributed by atoms with Gasteiger partial charge in [0.05, 0.1) is 7.11 Å². The number of methoxy groups -OCH3 is 1. The van der Waals surface area contributed by atoms with E-state index in [0.717, 1.165) is 37.7 Å². The highest BCUT2D eigenvalue weighted by molar-refractivity contribution is 5.50. The van der Waals surface area contributed by atoms with E-state index < -0.39 is 0 Å². The van der Waals surface area contributed by atoms with E-state index in [9.17, 15) is 0 Å².